The van der Waals surface area contributed by atoms with Crippen molar-refractivity contribution >= 4 is 27.6 Å². The maximum atomic E-state index is 11.7. The van der Waals surface area contributed by atoms with Crippen molar-refractivity contribution in [3.8, 4) is 0 Å². The minimum absolute atomic E-state index is 0.0341. The smallest absolute Gasteiger partial charge is 0.306 e. The van der Waals surface area contributed by atoms with Crippen molar-refractivity contribution in [2.45, 2.75) is 31.6 Å². The van der Waals surface area contributed by atoms with E-state index < -0.39 is 21.9 Å². The first-order chi connectivity index (χ1) is 9.75. The zero-order valence-electron chi connectivity index (χ0n) is 11.9. The molecular formula is C13H18N2O5S. The maximum Gasteiger partial charge on any atom is 0.306 e. The van der Waals surface area contributed by atoms with Gasteiger partial charge in [0.2, 0.25) is 15.9 Å². The van der Waals surface area contributed by atoms with Crippen LogP contribution in [0.15, 0.2) is 23.1 Å². The largest absolute Gasteiger partial charge is 0.466 e. The number of anilines is 1. The number of nitrogens with two attached hydrogens (primary N) is 1. The third-order valence-electron chi connectivity index (χ3n) is 2.73. The molecule has 0 radical (unpaired) electrons. The van der Waals surface area contributed by atoms with Crippen LogP contribution in [0.3, 0.4) is 0 Å². The van der Waals surface area contributed by atoms with Crippen molar-refractivity contribution in [3.05, 3.63) is 23.8 Å². The van der Waals surface area contributed by atoms with Crippen LogP contribution in [0, 0.1) is 6.92 Å². The van der Waals surface area contributed by atoms with Gasteiger partial charge in [-0.05, 0) is 31.5 Å². The molecule has 0 aliphatic carbocycles. The summed E-state index contributed by atoms with van der Waals surface area (Å²) in [4.78, 5) is 22.8. The number of carbonyl (C=O) groups excluding carboxylic acids is 2. The van der Waals surface area contributed by atoms with Gasteiger partial charge in [0.25, 0.3) is 0 Å². The fraction of sp³-hybridized carbons (Fsp3) is 0.385. The highest BCUT2D eigenvalue weighted by molar-refractivity contribution is 7.89. The summed E-state index contributed by atoms with van der Waals surface area (Å²) in [6.07, 6.45) is -0.0779. The normalized spacial score (nSPS) is 11.0. The number of primary sulfonamides is 1. The number of benzene rings is 1. The number of hydrogen-bond donors (Lipinski definition) is 2. The van der Waals surface area contributed by atoms with Crippen LogP contribution < -0.4 is 10.5 Å². The van der Waals surface area contributed by atoms with Crippen molar-refractivity contribution in [1.29, 1.82) is 0 Å². The number of ether oxygens (including phenoxy) is 1. The van der Waals surface area contributed by atoms with E-state index in [1.54, 1.807) is 19.9 Å². The molecular weight excluding hydrogens is 296 g/mol. The second-order valence-corrected chi connectivity index (χ2v) is 5.86. The lowest BCUT2D eigenvalue weighted by molar-refractivity contribution is -0.144. The van der Waals surface area contributed by atoms with Crippen molar-refractivity contribution in [3.63, 3.8) is 0 Å². The Hall–Kier alpha value is -1.93. The molecule has 1 amide bonds. The number of nitrogens with one attached hydrogen (secondary N) is 1. The van der Waals surface area contributed by atoms with E-state index in [4.69, 9.17) is 9.88 Å². The van der Waals surface area contributed by atoms with E-state index in [9.17, 15) is 18.0 Å². The Balaban J connectivity index is 2.76. The molecule has 1 rings (SSSR count). The van der Waals surface area contributed by atoms with Gasteiger partial charge >= 0.3 is 5.97 Å². The Kier molecular flexibility index (Phi) is 5.86. The van der Waals surface area contributed by atoms with Crippen molar-refractivity contribution in [1.82, 2.24) is 0 Å². The molecule has 0 aliphatic rings. The second kappa shape index (κ2) is 7.19. The van der Waals surface area contributed by atoms with Gasteiger partial charge in [-0.1, -0.05) is 6.07 Å². The van der Waals surface area contributed by atoms with Crippen LogP contribution in [0.25, 0.3) is 0 Å². The van der Waals surface area contributed by atoms with Crippen LogP contribution in [0.5, 0.6) is 0 Å². The average Bonchev–Trinajstić information content (AvgIpc) is 2.38. The van der Waals surface area contributed by atoms with Gasteiger partial charge in [-0.25, -0.2) is 13.6 Å². The summed E-state index contributed by atoms with van der Waals surface area (Å²) in [5, 5.41) is 7.64. The van der Waals surface area contributed by atoms with E-state index in [1.807, 2.05) is 0 Å². The molecule has 0 bridgehead atoms. The SMILES string of the molecule is CCOC(=O)CCC(=O)Nc1cccc(S(N)(=O)=O)c1C. The van der Waals surface area contributed by atoms with Crippen molar-refractivity contribution in [2.75, 3.05) is 11.9 Å². The van der Waals surface area contributed by atoms with Crippen molar-refractivity contribution in [2.24, 2.45) is 5.14 Å². The van der Waals surface area contributed by atoms with Gasteiger partial charge < -0.3 is 10.1 Å². The molecule has 0 atom stereocenters. The summed E-state index contributed by atoms with van der Waals surface area (Å²) < 4.78 is 27.5. The van der Waals surface area contributed by atoms with E-state index in [0.717, 1.165) is 0 Å². The lowest BCUT2D eigenvalue weighted by atomic mass is 10.2. The first-order valence-electron chi connectivity index (χ1n) is 6.33. The fourth-order valence-corrected chi connectivity index (χ4v) is 2.52. The maximum absolute atomic E-state index is 11.7. The highest BCUT2D eigenvalue weighted by Crippen LogP contribution is 2.22. The molecule has 21 heavy (non-hydrogen) atoms. The van der Waals surface area contributed by atoms with E-state index in [0.29, 0.717) is 11.3 Å². The van der Waals surface area contributed by atoms with E-state index in [1.165, 1.54) is 12.1 Å². The van der Waals surface area contributed by atoms with Gasteiger partial charge in [0.15, 0.2) is 0 Å². The molecule has 1 aromatic rings. The number of rotatable bonds is 6. The molecule has 1 aromatic carbocycles. The topological polar surface area (TPSA) is 116 Å². The predicted molar refractivity (Wildman–Crippen MR) is 77.0 cm³/mol. The van der Waals surface area contributed by atoms with Gasteiger partial charge in [-0.2, -0.15) is 0 Å². The van der Waals surface area contributed by atoms with Crippen LogP contribution in [0.4, 0.5) is 5.69 Å². The van der Waals surface area contributed by atoms with Gasteiger partial charge in [0.1, 0.15) is 0 Å². The number of carbonyl (C=O) groups is 2. The van der Waals surface area contributed by atoms with Gasteiger partial charge in [0, 0.05) is 12.1 Å². The van der Waals surface area contributed by atoms with Gasteiger partial charge in [-0.15, -0.1) is 0 Å². The zero-order valence-corrected chi connectivity index (χ0v) is 12.7. The first kappa shape index (κ1) is 17.1. The second-order valence-electron chi connectivity index (χ2n) is 4.33. The summed E-state index contributed by atoms with van der Waals surface area (Å²) in [6.45, 7) is 3.48. The predicted octanol–water partition coefficient (Wildman–Crippen LogP) is 0.924. The molecule has 3 N–H and O–H groups in total. The molecule has 0 saturated heterocycles. The van der Waals surface area contributed by atoms with Crippen LogP contribution >= 0.6 is 0 Å². The molecule has 0 saturated carbocycles. The van der Waals surface area contributed by atoms with Gasteiger partial charge in [-0.3, -0.25) is 9.59 Å². The molecule has 0 fully saturated rings. The third-order valence-corrected chi connectivity index (χ3v) is 3.78. The highest BCUT2D eigenvalue weighted by atomic mass is 32.2. The zero-order chi connectivity index (χ0) is 16.0. The standard InChI is InChI=1S/C13H18N2O5S/c1-3-20-13(17)8-7-12(16)15-10-5-4-6-11(9(10)2)21(14,18)19/h4-6H,3,7-8H2,1-2H3,(H,15,16)(H2,14,18,19). The molecule has 116 valence electrons. The summed E-state index contributed by atoms with van der Waals surface area (Å²) in [7, 11) is -3.85. The highest BCUT2D eigenvalue weighted by Gasteiger charge is 2.15. The minimum Gasteiger partial charge on any atom is -0.466 e. The molecule has 0 heterocycles. The van der Waals surface area contributed by atoms with E-state index in [2.05, 4.69) is 5.32 Å². The molecule has 0 spiro atoms. The number of hydrogen-bond acceptors (Lipinski definition) is 5. The summed E-state index contributed by atoms with van der Waals surface area (Å²) in [6, 6.07) is 4.40. The Bertz CT molecular complexity index is 640. The van der Waals surface area contributed by atoms with Crippen LogP contribution in [-0.2, 0) is 24.3 Å². The quantitative estimate of drug-likeness (QED) is 0.758. The molecule has 0 aliphatic heterocycles. The third kappa shape index (κ3) is 5.16. The summed E-state index contributed by atoms with van der Waals surface area (Å²) >= 11 is 0. The summed E-state index contributed by atoms with van der Waals surface area (Å²) in [5.74, 6) is -0.861. The number of esters is 1. The fourth-order valence-electron chi connectivity index (χ4n) is 1.72. The van der Waals surface area contributed by atoms with Crippen LogP contribution in [0.2, 0.25) is 0 Å². The van der Waals surface area contributed by atoms with Crippen LogP contribution in [0.1, 0.15) is 25.3 Å². The molecule has 0 aromatic heterocycles. The van der Waals surface area contributed by atoms with E-state index in [-0.39, 0.29) is 24.3 Å². The average molecular weight is 314 g/mol. The Morgan fingerprint density at radius 1 is 1.29 bits per heavy atom. The minimum atomic E-state index is -3.85. The molecule has 8 heteroatoms. The number of amides is 1. The molecule has 0 unspecified atom stereocenters. The first-order valence-corrected chi connectivity index (χ1v) is 7.88. The van der Waals surface area contributed by atoms with E-state index >= 15 is 0 Å². The van der Waals surface area contributed by atoms with Crippen LogP contribution in [-0.4, -0.2) is 26.9 Å². The Morgan fingerprint density at radius 2 is 1.95 bits per heavy atom. The number of sulfonamides is 1. The Morgan fingerprint density at radius 3 is 2.52 bits per heavy atom. The lowest BCUT2D eigenvalue weighted by Gasteiger charge is -2.11. The molecule has 7 nitrogen and oxygen atoms in total. The monoisotopic (exact) mass is 314 g/mol. The van der Waals surface area contributed by atoms with Gasteiger partial charge in [0.05, 0.1) is 17.9 Å². The lowest BCUT2D eigenvalue weighted by Crippen LogP contribution is -2.18. The Labute approximate surface area is 123 Å². The van der Waals surface area contributed by atoms with Crippen molar-refractivity contribution < 1.29 is 22.7 Å². The summed E-state index contributed by atoms with van der Waals surface area (Å²) in [5.41, 5.74) is 0.694.